The lowest BCUT2D eigenvalue weighted by Crippen LogP contribution is -2.11. The van der Waals surface area contributed by atoms with Crippen molar-refractivity contribution in [3.05, 3.63) is 21.9 Å². The zero-order chi connectivity index (χ0) is 11.4. The van der Waals surface area contributed by atoms with Crippen molar-refractivity contribution in [2.24, 2.45) is 0 Å². The minimum atomic E-state index is -0.792. The number of hydrogen-bond donors (Lipinski definition) is 2. The van der Waals surface area contributed by atoms with E-state index >= 15 is 0 Å². The number of rotatable bonds is 4. The van der Waals surface area contributed by atoms with Crippen LogP contribution in [0.3, 0.4) is 0 Å². The third-order valence-corrected chi connectivity index (χ3v) is 2.43. The van der Waals surface area contributed by atoms with E-state index in [9.17, 15) is 9.50 Å². The average molecular weight is 280 g/mol. The van der Waals surface area contributed by atoms with E-state index in [1.54, 1.807) is 6.07 Å². The van der Waals surface area contributed by atoms with Gasteiger partial charge in [0.05, 0.1) is 18.7 Å². The monoisotopic (exact) mass is 279 g/mol. The van der Waals surface area contributed by atoms with Gasteiger partial charge >= 0.3 is 0 Å². The molecule has 0 aliphatic rings. The largest absolute Gasteiger partial charge is 0.504 e. The maximum Gasteiger partial charge on any atom is 0.208 e. The van der Waals surface area contributed by atoms with E-state index in [-0.39, 0.29) is 12.3 Å². The van der Waals surface area contributed by atoms with Crippen LogP contribution in [0.5, 0.6) is 11.5 Å². The third kappa shape index (κ3) is 2.58. The summed E-state index contributed by atoms with van der Waals surface area (Å²) >= 11 is 3.14. The Hall–Kier alpha value is -0.850. The van der Waals surface area contributed by atoms with Crippen molar-refractivity contribution >= 4 is 15.9 Å². The Balaban J connectivity index is 3.10. The molecule has 0 saturated carbocycles. The molecule has 0 aliphatic carbocycles. The van der Waals surface area contributed by atoms with Crippen LogP contribution in [0.15, 0.2) is 10.5 Å². The molecule has 1 rings (SSSR count). The van der Waals surface area contributed by atoms with Gasteiger partial charge in [-0.1, -0.05) is 0 Å². The topological polar surface area (TPSA) is 50.7 Å². The van der Waals surface area contributed by atoms with Gasteiger partial charge in [-0.05, 0) is 22.0 Å². The fourth-order valence-corrected chi connectivity index (χ4v) is 1.72. The van der Waals surface area contributed by atoms with Crippen molar-refractivity contribution in [3.8, 4) is 11.5 Å². The van der Waals surface area contributed by atoms with Crippen LogP contribution in [-0.2, 0) is 11.4 Å². The number of benzene rings is 1. The molecule has 6 heteroatoms. The first-order valence-corrected chi connectivity index (χ1v) is 4.90. The van der Waals surface area contributed by atoms with Crippen molar-refractivity contribution in [2.75, 3.05) is 14.2 Å². The molecule has 0 saturated heterocycles. The van der Waals surface area contributed by atoms with E-state index in [0.29, 0.717) is 10.0 Å². The summed E-state index contributed by atoms with van der Waals surface area (Å²) in [5, 5.41) is 9.49. The van der Waals surface area contributed by atoms with Gasteiger partial charge in [0, 0.05) is 12.1 Å². The maximum atomic E-state index is 13.5. The Morgan fingerprint density at radius 3 is 2.73 bits per heavy atom. The number of ether oxygens (including phenoxy) is 1. The Morgan fingerprint density at radius 2 is 2.20 bits per heavy atom. The summed E-state index contributed by atoms with van der Waals surface area (Å²) in [5.74, 6) is -1.26. The van der Waals surface area contributed by atoms with E-state index in [4.69, 9.17) is 4.74 Å². The zero-order valence-electron chi connectivity index (χ0n) is 8.30. The highest BCUT2D eigenvalue weighted by molar-refractivity contribution is 9.10. The van der Waals surface area contributed by atoms with E-state index < -0.39 is 11.6 Å². The lowest BCUT2D eigenvalue weighted by atomic mass is 10.2. The maximum absolute atomic E-state index is 13.5. The molecule has 0 heterocycles. The fraction of sp³-hybridized carbons (Fsp3) is 0.333. The molecule has 0 bridgehead atoms. The zero-order valence-corrected chi connectivity index (χ0v) is 9.89. The molecule has 4 nitrogen and oxygen atoms in total. The third-order valence-electron chi connectivity index (χ3n) is 1.84. The van der Waals surface area contributed by atoms with Gasteiger partial charge < -0.3 is 14.7 Å². The molecule has 0 amide bonds. The summed E-state index contributed by atoms with van der Waals surface area (Å²) in [6.45, 7) is 0.196. The molecule has 0 unspecified atom stereocenters. The number of halogens is 2. The van der Waals surface area contributed by atoms with Crippen molar-refractivity contribution in [2.45, 2.75) is 6.54 Å². The number of methoxy groups -OCH3 is 1. The highest BCUT2D eigenvalue weighted by atomic mass is 79.9. The van der Waals surface area contributed by atoms with Gasteiger partial charge in [0.2, 0.25) is 5.82 Å². The summed E-state index contributed by atoms with van der Waals surface area (Å²) in [5.41, 5.74) is 2.89. The van der Waals surface area contributed by atoms with Gasteiger partial charge in [-0.25, -0.2) is 0 Å². The number of hydroxylamine groups is 1. The van der Waals surface area contributed by atoms with Crippen LogP contribution in [0.1, 0.15) is 5.56 Å². The van der Waals surface area contributed by atoms with Crippen molar-refractivity contribution < 1.29 is 19.1 Å². The molecule has 0 atom stereocenters. The Kier molecular flexibility index (Phi) is 4.31. The van der Waals surface area contributed by atoms with Crippen LogP contribution in [0, 0.1) is 5.82 Å². The Bertz CT molecular complexity index is 360. The molecule has 0 spiro atoms. The number of nitrogens with one attached hydrogen (secondary N) is 1. The van der Waals surface area contributed by atoms with Gasteiger partial charge in [-0.3, -0.25) is 0 Å². The second-order valence-electron chi connectivity index (χ2n) is 2.74. The number of hydrogen-bond acceptors (Lipinski definition) is 4. The molecule has 1 aromatic rings. The number of phenols is 1. The Morgan fingerprint density at radius 1 is 1.53 bits per heavy atom. The summed E-state index contributed by atoms with van der Waals surface area (Å²) in [6, 6.07) is 1.56. The molecular formula is C9H11BrFNO3. The molecule has 2 N–H and O–H groups in total. The second kappa shape index (κ2) is 5.29. The first-order valence-electron chi connectivity index (χ1n) is 4.11. The lowest BCUT2D eigenvalue weighted by molar-refractivity contribution is 0.0860. The van der Waals surface area contributed by atoms with Gasteiger partial charge in [0.25, 0.3) is 0 Å². The highest BCUT2D eigenvalue weighted by Gasteiger charge is 2.16. The predicted octanol–water partition coefficient (Wildman–Crippen LogP) is 1.95. The molecule has 0 radical (unpaired) electrons. The van der Waals surface area contributed by atoms with Gasteiger partial charge in [-0.2, -0.15) is 9.87 Å². The van der Waals surface area contributed by atoms with E-state index in [2.05, 4.69) is 26.2 Å². The molecule has 0 aromatic heterocycles. The highest BCUT2D eigenvalue weighted by Crippen LogP contribution is 2.36. The van der Waals surface area contributed by atoms with Gasteiger partial charge in [-0.15, -0.1) is 0 Å². The molecular weight excluding hydrogens is 269 g/mol. The first kappa shape index (κ1) is 12.2. The number of aromatic hydroxyl groups is 1. The average Bonchev–Trinajstić information content (AvgIpc) is 2.22. The van der Waals surface area contributed by atoms with E-state index in [1.807, 2.05) is 0 Å². The molecule has 15 heavy (non-hydrogen) atoms. The molecule has 84 valence electrons. The number of phenolic OH excluding ortho intramolecular Hbond substituents is 1. The van der Waals surface area contributed by atoms with Crippen molar-refractivity contribution in [1.29, 1.82) is 0 Å². The van der Waals surface area contributed by atoms with Gasteiger partial charge in [0.15, 0.2) is 11.5 Å². The lowest BCUT2D eigenvalue weighted by Gasteiger charge is -2.10. The SMILES string of the molecule is CONCc1cc(Br)c(OC)c(F)c1O. The normalized spacial score (nSPS) is 10.4. The van der Waals surface area contributed by atoms with Gasteiger partial charge in [0.1, 0.15) is 0 Å². The van der Waals surface area contributed by atoms with Crippen LogP contribution >= 0.6 is 15.9 Å². The van der Waals surface area contributed by atoms with Crippen LogP contribution < -0.4 is 10.2 Å². The van der Waals surface area contributed by atoms with Crippen molar-refractivity contribution in [3.63, 3.8) is 0 Å². The minimum Gasteiger partial charge on any atom is -0.504 e. The smallest absolute Gasteiger partial charge is 0.208 e. The summed E-state index contributed by atoms with van der Waals surface area (Å²) < 4.78 is 18.7. The molecule has 0 fully saturated rings. The van der Waals surface area contributed by atoms with Crippen LogP contribution in [0.4, 0.5) is 4.39 Å². The Labute approximate surface area is 95.1 Å². The summed E-state index contributed by atoms with van der Waals surface area (Å²) in [6.07, 6.45) is 0. The first-order chi connectivity index (χ1) is 7.11. The second-order valence-corrected chi connectivity index (χ2v) is 3.59. The molecule has 1 aromatic carbocycles. The van der Waals surface area contributed by atoms with Crippen LogP contribution in [0.2, 0.25) is 0 Å². The van der Waals surface area contributed by atoms with Crippen molar-refractivity contribution in [1.82, 2.24) is 5.48 Å². The van der Waals surface area contributed by atoms with E-state index in [0.717, 1.165) is 0 Å². The standard InChI is InChI=1S/C9H11BrFNO3/c1-14-9-6(10)3-5(4-12-15-2)8(13)7(9)11/h3,12-13H,4H2,1-2H3. The summed E-state index contributed by atoms with van der Waals surface area (Å²) in [4.78, 5) is 4.61. The predicted molar refractivity (Wildman–Crippen MR) is 56.2 cm³/mol. The fourth-order valence-electron chi connectivity index (χ4n) is 1.11. The van der Waals surface area contributed by atoms with Crippen LogP contribution in [0.25, 0.3) is 0 Å². The van der Waals surface area contributed by atoms with Crippen LogP contribution in [-0.4, -0.2) is 19.3 Å². The molecule has 0 aliphatic heterocycles. The quantitative estimate of drug-likeness (QED) is 0.828. The minimum absolute atomic E-state index is 0.0198. The summed E-state index contributed by atoms with van der Waals surface area (Å²) in [7, 11) is 2.77. The van der Waals surface area contributed by atoms with E-state index in [1.165, 1.54) is 14.2 Å².